The summed E-state index contributed by atoms with van der Waals surface area (Å²) in [5, 5.41) is 0. The monoisotopic (exact) mass is 394 g/mol. The molecule has 3 aromatic carbocycles. The van der Waals surface area contributed by atoms with Gasteiger partial charge in [0, 0.05) is 5.41 Å². The molecule has 4 heteroatoms. The highest BCUT2D eigenvalue weighted by atomic mass is 19.1. The Bertz CT molecular complexity index is 948. The summed E-state index contributed by atoms with van der Waals surface area (Å²) >= 11 is 0. The summed E-state index contributed by atoms with van der Waals surface area (Å²) in [6.07, 6.45) is 3.99. The number of hydrogen-bond donors (Lipinski definition) is 0. The molecule has 150 valence electrons. The van der Waals surface area contributed by atoms with Crippen molar-refractivity contribution in [1.82, 2.24) is 0 Å². The second kappa shape index (κ2) is 9.48. The first-order valence-electron chi connectivity index (χ1n) is 9.45. The van der Waals surface area contributed by atoms with Crippen molar-refractivity contribution in [3.05, 3.63) is 102 Å². The van der Waals surface area contributed by atoms with Crippen molar-refractivity contribution in [1.29, 1.82) is 0 Å². The van der Waals surface area contributed by atoms with Crippen LogP contribution in [0.25, 0.3) is 6.08 Å². The molecule has 0 saturated heterocycles. The fourth-order valence-electron chi connectivity index (χ4n) is 2.71. The highest BCUT2D eigenvalue weighted by molar-refractivity contribution is 5.49. The molecule has 0 atom stereocenters. The maximum Gasteiger partial charge on any atom is 0.165 e. The molecule has 0 unspecified atom stereocenters. The van der Waals surface area contributed by atoms with Gasteiger partial charge >= 0.3 is 0 Å². The Balaban J connectivity index is 1.56. The van der Waals surface area contributed by atoms with Gasteiger partial charge in [0.15, 0.2) is 11.6 Å². The lowest BCUT2D eigenvalue weighted by molar-refractivity contribution is 0.0719. The van der Waals surface area contributed by atoms with E-state index in [-0.39, 0.29) is 17.0 Å². The fraction of sp³-hybridized carbons (Fsp3) is 0.200. The van der Waals surface area contributed by atoms with Crippen LogP contribution in [0.2, 0.25) is 0 Å². The molecule has 3 aromatic rings. The standard InChI is InChI=1S/C25H24F2O2/c1-25(2,15-14-19-8-11-21(26)12-9-19)18-28-17-20-10-13-23(27)24(16-20)29-22-6-4-3-5-7-22/h3-16H,17-18H2,1-2H3. The van der Waals surface area contributed by atoms with Crippen LogP contribution in [-0.4, -0.2) is 6.61 Å². The molecule has 0 saturated carbocycles. The topological polar surface area (TPSA) is 18.5 Å². The van der Waals surface area contributed by atoms with Crippen molar-refractivity contribution in [3.8, 4) is 11.5 Å². The number of halogens is 2. The van der Waals surface area contributed by atoms with Crippen LogP contribution < -0.4 is 4.74 Å². The molecular formula is C25H24F2O2. The first-order valence-corrected chi connectivity index (χ1v) is 9.45. The van der Waals surface area contributed by atoms with E-state index in [4.69, 9.17) is 9.47 Å². The van der Waals surface area contributed by atoms with Crippen LogP contribution in [0.3, 0.4) is 0 Å². The van der Waals surface area contributed by atoms with Crippen LogP contribution in [0.1, 0.15) is 25.0 Å². The third kappa shape index (κ3) is 6.54. The molecule has 2 nitrogen and oxygen atoms in total. The number of hydrogen-bond acceptors (Lipinski definition) is 2. The zero-order valence-electron chi connectivity index (χ0n) is 16.6. The summed E-state index contributed by atoms with van der Waals surface area (Å²) < 4.78 is 38.5. The van der Waals surface area contributed by atoms with Crippen molar-refractivity contribution in [2.75, 3.05) is 6.61 Å². The van der Waals surface area contributed by atoms with Gasteiger partial charge in [-0.25, -0.2) is 8.78 Å². The van der Waals surface area contributed by atoms with Crippen molar-refractivity contribution in [2.45, 2.75) is 20.5 Å². The predicted molar refractivity (Wildman–Crippen MR) is 112 cm³/mol. The molecule has 0 aliphatic rings. The first kappa shape index (κ1) is 20.7. The van der Waals surface area contributed by atoms with E-state index >= 15 is 0 Å². The molecule has 0 spiro atoms. The maximum absolute atomic E-state index is 14.1. The van der Waals surface area contributed by atoms with Gasteiger partial charge in [-0.05, 0) is 47.5 Å². The Morgan fingerprint density at radius 1 is 0.897 bits per heavy atom. The second-order valence-electron chi connectivity index (χ2n) is 7.55. The zero-order valence-corrected chi connectivity index (χ0v) is 16.6. The minimum absolute atomic E-state index is 0.174. The Hall–Kier alpha value is -2.98. The molecule has 0 bridgehead atoms. The van der Waals surface area contributed by atoms with Crippen LogP contribution >= 0.6 is 0 Å². The van der Waals surface area contributed by atoms with E-state index < -0.39 is 5.82 Å². The van der Waals surface area contributed by atoms with Gasteiger partial charge in [0.1, 0.15) is 11.6 Å². The minimum Gasteiger partial charge on any atom is -0.454 e. The number of ether oxygens (including phenoxy) is 2. The lowest BCUT2D eigenvalue weighted by Crippen LogP contribution is -2.16. The van der Waals surface area contributed by atoms with Crippen LogP contribution in [0.5, 0.6) is 11.5 Å². The van der Waals surface area contributed by atoms with Gasteiger partial charge in [-0.3, -0.25) is 0 Å². The molecule has 0 aliphatic heterocycles. The first-order chi connectivity index (χ1) is 13.9. The SMILES string of the molecule is CC(C)(C=Cc1ccc(F)cc1)COCc1ccc(F)c(Oc2ccccc2)c1. The van der Waals surface area contributed by atoms with Gasteiger partial charge in [0.05, 0.1) is 13.2 Å². The van der Waals surface area contributed by atoms with Crippen LogP contribution in [-0.2, 0) is 11.3 Å². The number of benzene rings is 3. The molecule has 0 amide bonds. The average Bonchev–Trinajstić information content (AvgIpc) is 2.71. The van der Waals surface area contributed by atoms with Gasteiger partial charge in [-0.2, -0.15) is 0 Å². The van der Waals surface area contributed by atoms with Crippen LogP contribution in [0, 0.1) is 17.0 Å². The average molecular weight is 394 g/mol. The quantitative estimate of drug-likeness (QED) is 0.409. The molecule has 0 fully saturated rings. The number of para-hydroxylation sites is 1. The fourth-order valence-corrected chi connectivity index (χ4v) is 2.71. The van der Waals surface area contributed by atoms with E-state index in [1.54, 1.807) is 36.4 Å². The maximum atomic E-state index is 14.1. The molecule has 0 aliphatic carbocycles. The molecule has 3 rings (SSSR count). The molecule has 0 N–H and O–H groups in total. The van der Waals surface area contributed by atoms with Gasteiger partial charge < -0.3 is 9.47 Å². The Morgan fingerprint density at radius 2 is 1.62 bits per heavy atom. The third-order valence-electron chi connectivity index (χ3n) is 4.31. The highest BCUT2D eigenvalue weighted by Gasteiger charge is 2.14. The van der Waals surface area contributed by atoms with Crippen molar-refractivity contribution in [3.63, 3.8) is 0 Å². The van der Waals surface area contributed by atoms with E-state index in [2.05, 4.69) is 13.8 Å². The van der Waals surface area contributed by atoms with E-state index in [1.807, 2.05) is 30.4 Å². The second-order valence-corrected chi connectivity index (χ2v) is 7.55. The summed E-state index contributed by atoms with van der Waals surface area (Å²) in [6.45, 7) is 4.94. The molecule has 29 heavy (non-hydrogen) atoms. The van der Waals surface area contributed by atoms with E-state index in [0.29, 0.717) is 19.0 Å². The molecular weight excluding hydrogens is 370 g/mol. The minimum atomic E-state index is -0.417. The van der Waals surface area contributed by atoms with E-state index in [9.17, 15) is 8.78 Å². The van der Waals surface area contributed by atoms with Crippen molar-refractivity contribution < 1.29 is 18.3 Å². The van der Waals surface area contributed by atoms with E-state index in [1.165, 1.54) is 18.2 Å². The Kier molecular flexibility index (Phi) is 6.78. The summed E-state index contributed by atoms with van der Waals surface area (Å²) in [6, 6.07) is 20.2. The predicted octanol–water partition coefficient (Wildman–Crippen LogP) is 7.01. The van der Waals surface area contributed by atoms with Crippen molar-refractivity contribution in [2.24, 2.45) is 5.41 Å². The molecule has 0 radical (unpaired) electrons. The summed E-state index contributed by atoms with van der Waals surface area (Å²) in [5.41, 5.74) is 1.55. The number of rotatable bonds is 8. The molecule has 0 heterocycles. The summed E-state index contributed by atoms with van der Waals surface area (Å²) in [5.74, 6) is 0.0871. The zero-order chi connectivity index (χ0) is 20.7. The summed E-state index contributed by atoms with van der Waals surface area (Å²) in [4.78, 5) is 0. The van der Waals surface area contributed by atoms with Gasteiger partial charge in [-0.15, -0.1) is 0 Å². The Labute approximate surface area is 170 Å². The van der Waals surface area contributed by atoms with Gasteiger partial charge in [0.2, 0.25) is 0 Å². The Morgan fingerprint density at radius 3 is 2.34 bits per heavy atom. The smallest absolute Gasteiger partial charge is 0.165 e. The van der Waals surface area contributed by atoms with Crippen LogP contribution in [0.15, 0.2) is 78.9 Å². The highest BCUT2D eigenvalue weighted by Crippen LogP contribution is 2.26. The van der Waals surface area contributed by atoms with Crippen LogP contribution in [0.4, 0.5) is 8.78 Å². The van der Waals surface area contributed by atoms with Gasteiger partial charge in [0.25, 0.3) is 0 Å². The molecule has 0 aromatic heterocycles. The van der Waals surface area contributed by atoms with Crippen molar-refractivity contribution >= 4 is 6.08 Å². The summed E-state index contributed by atoms with van der Waals surface area (Å²) in [7, 11) is 0. The lowest BCUT2D eigenvalue weighted by Gasteiger charge is -2.20. The van der Waals surface area contributed by atoms with E-state index in [0.717, 1.165) is 11.1 Å². The lowest BCUT2D eigenvalue weighted by atomic mass is 9.93. The third-order valence-corrected chi connectivity index (χ3v) is 4.31. The largest absolute Gasteiger partial charge is 0.454 e. The normalized spacial score (nSPS) is 11.7. The van der Waals surface area contributed by atoms with Gasteiger partial charge in [-0.1, -0.05) is 62.4 Å².